The second kappa shape index (κ2) is 2.19. The Morgan fingerprint density at radius 1 is 1.09 bits per heavy atom. The van der Waals surface area contributed by atoms with Gasteiger partial charge in [0.1, 0.15) is 0 Å². The molecule has 0 radical (unpaired) electrons. The van der Waals surface area contributed by atoms with Crippen LogP contribution in [0.25, 0.3) is 11.0 Å². The van der Waals surface area contributed by atoms with Gasteiger partial charge in [0.2, 0.25) is 0 Å². The van der Waals surface area contributed by atoms with Crippen LogP contribution in [0.15, 0.2) is 0 Å². The minimum Gasteiger partial charge on any atom is -0.330 e. The summed E-state index contributed by atoms with van der Waals surface area (Å²) in [5.74, 6) is 0. The maximum Gasteiger partial charge on any atom is 0.175 e. The van der Waals surface area contributed by atoms with Crippen LogP contribution in [-0.2, 0) is 0 Å². The molecule has 2 N–H and O–H groups in total. The van der Waals surface area contributed by atoms with Gasteiger partial charge in [-0.05, 0) is 26.1 Å². The summed E-state index contributed by atoms with van der Waals surface area (Å²) in [6.07, 6.45) is 0. The van der Waals surface area contributed by atoms with Gasteiger partial charge >= 0.3 is 0 Å². The number of H-pyrrole nitrogens is 2. The zero-order valence-electron chi connectivity index (χ0n) is 6.32. The van der Waals surface area contributed by atoms with Crippen LogP contribution in [0.2, 0.25) is 0 Å². The lowest BCUT2D eigenvalue weighted by atomic mass is 10.4. The number of aryl methyl sites for hydroxylation is 2. The number of hydrogen-bond acceptors (Lipinski definition) is 2. The molecule has 0 amide bonds. The number of aromatic amines is 2. The van der Waals surface area contributed by atoms with E-state index in [1.54, 1.807) is 11.3 Å². The fourth-order valence-corrected chi connectivity index (χ4v) is 2.42. The lowest BCUT2D eigenvalue weighted by molar-refractivity contribution is 1.29. The van der Waals surface area contributed by atoms with Crippen LogP contribution in [0.1, 0.15) is 9.75 Å². The van der Waals surface area contributed by atoms with Crippen LogP contribution >= 0.6 is 23.6 Å². The van der Waals surface area contributed by atoms with Crippen molar-refractivity contribution in [1.29, 1.82) is 0 Å². The smallest absolute Gasteiger partial charge is 0.175 e. The number of hydrogen-bond donors (Lipinski definition) is 2. The molecular formula is C7H8N2S2. The summed E-state index contributed by atoms with van der Waals surface area (Å²) in [6.45, 7) is 4.19. The van der Waals surface area contributed by atoms with Crippen molar-refractivity contribution in [3.8, 4) is 0 Å². The minimum atomic E-state index is 0.717. The van der Waals surface area contributed by atoms with Gasteiger partial charge in [-0.1, -0.05) is 0 Å². The molecule has 0 spiro atoms. The Morgan fingerprint density at radius 2 is 1.55 bits per heavy atom. The first-order valence-corrected chi connectivity index (χ1v) is 4.59. The van der Waals surface area contributed by atoms with Crippen LogP contribution < -0.4 is 0 Å². The molecule has 0 saturated heterocycles. The normalized spacial score (nSPS) is 11.1. The van der Waals surface area contributed by atoms with Gasteiger partial charge in [-0.2, -0.15) is 0 Å². The van der Waals surface area contributed by atoms with Crippen LogP contribution in [0.4, 0.5) is 0 Å². The highest BCUT2D eigenvalue weighted by atomic mass is 32.1. The summed E-state index contributed by atoms with van der Waals surface area (Å²) in [5, 5.41) is 0. The number of fused-ring (bicyclic) bond motifs is 1. The van der Waals surface area contributed by atoms with E-state index >= 15 is 0 Å². The summed E-state index contributed by atoms with van der Waals surface area (Å²) < 4.78 is 0.717. The molecule has 58 valence electrons. The second-order valence-corrected chi connectivity index (χ2v) is 4.38. The molecule has 11 heavy (non-hydrogen) atoms. The monoisotopic (exact) mass is 184 g/mol. The molecule has 0 aliphatic carbocycles. The van der Waals surface area contributed by atoms with Gasteiger partial charge in [0.05, 0.1) is 11.0 Å². The van der Waals surface area contributed by atoms with E-state index in [1.807, 2.05) is 0 Å². The summed E-state index contributed by atoms with van der Waals surface area (Å²) in [5.41, 5.74) is 2.33. The fraction of sp³-hybridized carbons (Fsp3) is 0.286. The van der Waals surface area contributed by atoms with Gasteiger partial charge in [-0.3, -0.25) is 0 Å². The first kappa shape index (κ1) is 7.06. The van der Waals surface area contributed by atoms with Gasteiger partial charge in [0.15, 0.2) is 4.77 Å². The maximum atomic E-state index is 4.98. The Morgan fingerprint density at radius 3 is 2.00 bits per heavy atom. The summed E-state index contributed by atoms with van der Waals surface area (Å²) >= 11 is 6.77. The van der Waals surface area contributed by atoms with Crippen molar-refractivity contribution in [3.05, 3.63) is 14.5 Å². The summed E-state index contributed by atoms with van der Waals surface area (Å²) in [6, 6.07) is 0. The highest BCUT2D eigenvalue weighted by molar-refractivity contribution is 7.71. The number of thiophene rings is 1. The highest BCUT2D eigenvalue weighted by Gasteiger charge is 2.05. The lowest BCUT2D eigenvalue weighted by Gasteiger charge is -1.77. The van der Waals surface area contributed by atoms with E-state index in [0.717, 1.165) is 11.0 Å². The summed E-state index contributed by atoms with van der Waals surface area (Å²) in [4.78, 5) is 8.83. The van der Waals surface area contributed by atoms with Crippen molar-refractivity contribution in [2.45, 2.75) is 13.8 Å². The molecule has 2 aromatic rings. The van der Waals surface area contributed by atoms with E-state index in [1.165, 1.54) is 9.75 Å². The number of imidazole rings is 1. The molecule has 2 heterocycles. The van der Waals surface area contributed by atoms with Gasteiger partial charge in [-0.15, -0.1) is 11.3 Å². The van der Waals surface area contributed by atoms with Crippen molar-refractivity contribution >= 4 is 34.6 Å². The molecule has 0 aromatic carbocycles. The van der Waals surface area contributed by atoms with Crippen LogP contribution in [0, 0.1) is 18.6 Å². The molecule has 0 unspecified atom stereocenters. The van der Waals surface area contributed by atoms with Gasteiger partial charge in [-0.25, -0.2) is 0 Å². The van der Waals surface area contributed by atoms with Crippen molar-refractivity contribution in [1.82, 2.24) is 9.97 Å². The molecule has 2 aromatic heterocycles. The average Bonchev–Trinajstić information content (AvgIpc) is 2.38. The van der Waals surface area contributed by atoms with E-state index < -0.39 is 0 Å². The first-order valence-electron chi connectivity index (χ1n) is 3.36. The predicted molar refractivity (Wildman–Crippen MR) is 50.8 cm³/mol. The zero-order valence-corrected chi connectivity index (χ0v) is 7.95. The van der Waals surface area contributed by atoms with E-state index in [-0.39, 0.29) is 0 Å². The molecule has 0 aliphatic rings. The van der Waals surface area contributed by atoms with Crippen molar-refractivity contribution in [2.75, 3.05) is 0 Å². The third-order valence-corrected chi connectivity index (χ3v) is 2.96. The van der Waals surface area contributed by atoms with Gasteiger partial charge in [0.25, 0.3) is 0 Å². The standard InChI is InChI=1S/C7H8N2S2/c1-3-5-6(4(2)11-3)9-7(10)8-5/h1-2H3,(H2,8,9,10). The molecule has 4 heteroatoms. The molecule has 0 bridgehead atoms. The molecule has 0 saturated carbocycles. The third-order valence-electron chi connectivity index (χ3n) is 1.74. The van der Waals surface area contributed by atoms with Crippen molar-refractivity contribution in [3.63, 3.8) is 0 Å². The van der Waals surface area contributed by atoms with Crippen LogP contribution in [0.5, 0.6) is 0 Å². The van der Waals surface area contributed by atoms with Gasteiger partial charge in [0, 0.05) is 9.75 Å². The highest BCUT2D eigenvalue weighted by Crippen LogP contribution is 2.26. The molecular weight excluding hydrogens is 176 g/mol. The van der Waals surface area contributed by atoms with Crippen molar-refractivity contribution in [2.24, 2.45) is 0 Å². The first-order chi connectivity index (χ1) is 5.18. The maximum absolute atomic E-state index is 4.98. The summed E-state index contributed by atoms with van der Waals surface area (Å²) in [7, 11) is 0. The fourth-order valence-electron chi connectivity index (χ4n) is 1.24. The van der Waals surface area contributed by atoms with Crippen LogP contribution in [-0.4, -0.2) is 9.97 Å². The zero-order chi connectivity index (χ0) is 8.01. The van der Waals surface area contributed by atoms with E-state index in [0.29, 0.717) is 4.77 Å². The number of nitrogens with one attached hydrogen (secondary N) is 2. The topological polar surface area (TPSA) is 31.6 Å². The average molecular weight is 184 g/mol. The molecule has 2 nitrogen and oxygen atoms in total. The van der Waals surface area contributed by atoms with Gasteiger partial charge < -0.3 is 9.97 Å². The molecule has 0 atom stereocenters. The van der Waals surface area contributed by atoms with E-state index in [4.69, 9.17) is 12.2 Å². The second-order valence-electron chi connectivity index (χ2n) is 2.54. The Hall–Kier alpha value is -0.610. The molecule has 0 fully saturated rings. The Labute approximate surface area is 73.3 Å². The van der Waals surface area contributed by atoms with Crippen molar-refractivity contribution < 1.29 is 0 Å². The SMILES string of the molecule is Cc1sc(C)c2[nH]c(=S)[nH]c12. The predicted octanol–water partition coefficient (Wildman–Crippen LogP) is 2.90. The molecule has 2 rings (SSSR count). The molecule has 0 aliphatic heterocycles. The largest absolute Gasteiger partial charge is 0.330 e. The minimum absolute atomic E-state index is 0.717. The number of aromatic nitrogens is 2. The number of rotatable bonds is 0. The van der Waals surface area contributed by atoms with E-state index in [9.17, 15) is 0 Å². The Bertz CT molecular complexity index is 409. The lowest BCUT2D eigenvalue weighted by Crippen LogP contribution is -1.63. The Balaban J connectivity index is 3.03. The Kier molecular flexibility index (Phi) is 1.40. The third kappa shape index (κ3) is 0.937. The quantitative estimate of drug-likeness (QED) is 0.606. The van der Waals surface area contributed by atoms with E-state index in [2.05, 4.69) is 23.8 Å². The van der Waals surface area contributed by atoms with Crippen LogP contribution in [0.3, 0.4) is 0 Å².